The maximum atomic E-state index is 6.41. The Morgan fingerprint density at radius 1 is 1.04 bits per heavy atom. The van der Waals surface area contributed by atoms with Crippen LogP contribution in [0.4, 0.5) is 0 Å². The first-order chi connectivity index (χ1) is 13.2. The molecule has 27 heavy (non-hydrogen) atoms. The van der Waals surface area contributed by atoms with Gasteiger partial charge in [-0.25, -0.2) is 5.01 Å². The Balaban J connectivity index is 1.64. The molecule has 2 aromatic carbocycles. The van der Waals surface area contributed by atoms with Crippen LogP contribution in [-0.4, -0.2) is 15.7 Å². The lowest BCUT2D eigenvalue weighted by Crippen LogP contribution is -2.34. The van der Waals surface area contributed by atoms with Crippen molar-refractivity contribution in [1.29, 1.82) is 0 Å². The maximum Gasteiger partial charge on any atom is 0.215 e. The van der Waals surface area contributed by atoms with Crippen molar-refractivity contribution in [2.75, 3.05) is 0 Å². The van der Waals surface area contributed by atoms with E-state index in [-0.39, 0.29) is 12.3 Å². The van der Waals surface area contributed by atoms with Crippen LogP contribution in [0.1, 0.15) is 35.4 Å². The third-order valence-electron chi connectivity index (χ3n) is 4.88. The summed E-state index contributed by atoms with van der Waals surface area (Å²) < 4.78 is 8.37. The molecule has 3 heterocycles. The first kappa shape index (κ1) is 17.0. The van der Waals surface area contributed by atoms with Gasteiger partial charge in [0.15, 0.2) is 0 Å². The molecule has 0 aliphatic carbocycles. The minimum atomic E-state index is -0.310. The zero-order valence-electron chi connectivity index (χ0n) is 14.2. The standard InChI is InChI=1S/C21H15Br2N3O/c22-15-9-16-19-11-18(13-5-2-1-3-6-13)25-26(19)21(14-7-4-8-24-12-14)27-20(16)17(23)10-15/h1-10,12,19,21H,11H2. The molecule has 0 saturated carbocycles. The van der Waals surface area contributed by atoms with Gasteiger partial charge < -0.3 is 4.74 Å². The van der Waals surface area contributed by atoms with Gasteiger partial charge in [0.1, 0.15) is 5.75 Å². The lowest BCUT2D eigenvalue weighted by atomic mass is 9.96. The summed E-state index contributed by atoms with van der Waals surface area (Å²) in [4.78, 5) is 4.27. The molecule has 1 aromatic heterocycles. The largest absolute Gasteiger partial charge is 0.463 e. The van der Waals surface area contributed by atoms with Gasteiger partial charge >= 0.3 is 0 Å². The van der Waals surface area contributed by atoms with Crippen LogP contribution in [0.2, 0.25) is 0 Å². The van der Waals surface area contributed by atoms with Gasteiger partial charge in [0, 0.05) is 34.4 Å². The highest BCUT2D eigenvalue weighted by Crippen LogP contribution is 2.50. The lowest BCUT2D eigenvalue weighted by Gasteiger charge is -2.38. The molecule has 0 saturated heterocycles. The van der Waals surface area contributed by atoms with Gasteiger partial charge in [-0.1, -0.05) is 52.3 Å². The van der Waals surface area contributed by atoms with Crippen molar-refractivity contribution in [3.8, 4) is 5.75 Å². The Bertz CT molecular complexity index is 1020. The molecule has 0 spiro atoms. The molecule has 0 amide bonds. The molecule has 2 unspecified atom stereocenters. The van der Waals surface area contributed by atoms with Gasteiger partial charge in [0.05, 0.1) is 16.2 Å². The van der Waals surface area contributed by atoms with Crippen molar-refractivity contribution in [2.24, 2.45) is 5.10 Å². The van der Waals surface area contributed by atoms with E-state index in [1.54, 1.807) is 6.20 Å². The third-order valence-corrected chi connectivity index (χ3v) is 5.93. The first-order valence-electron chi connectivity index (χ1n) is 8.67. The first-order valence-corrected chi connectivity index (χ1v) is 10.3. The summed E-state index contributed by atoms with van der Waals surface area (Å²) in [7, 11) is 0. The zero-order chi connectivity index (χ0) is 18.4. The monoisotopic (exact) mass is 483 g/mol. The molecule has 134 valence electrons. The number of benzene rings is 2. The quantitative estimate of drug-likeness (QED) is 0.458. The molecule has 3 aromatic rings. The van der Waals surface area contributed by atoms with Crippen molar-refractivity contribution in [2.45, 2.75) is 18.7 Å². The summed E-state index contributed by atoms with van der Waals surface area (Å²) in [6.07, 6.45) is 4.14. The van der Waals surface area contributed by atoms with Crippen LogP contribution in [0.15, 0.2) is 81.0 Å². The van der Waals surface area contributed by atoms with E-state index in [1.807, 2.05) is 42.6 Å². The van der Waals surface area contributed by atoms with Gasteiger partial charge in [-0.3, -0.25) is 4.98 Å². The molecule has 2 aliphatic heterocycles. The van der Waals surface area contributed by atoms with Crippen LogP contribution in [0.25, 0.3) is 0 Å². The van der Waals surface area contributed by atoms with Crippen LogP contribution in [0, 0.1) is 0 Å². The number of pyridine rings is 1. The zero-order valence-corrected chi connectivity index (χ0v) is 17.4. The van der Waals surface area contributed by atoms with E-state index >= 15 is 0 Å². The molecule has 5 rings (SSSR count). The fourth-order valence-electron chi connectivity index (χ4n) is 3.66. The van der Waals surface area contributed by atoms with Crippen LogP contribution in [-0.2, 0) is 0 Å². The molecular weight excluding hydrogens is 470 g/mol. The number of halogens is 2. The van der Waals surface area contributed by atoms with Gasteiger partial charge in [-0.05, 0) is 39.7 Å². The summed E-state index contributed by atoms with van der Waals surface area (Å²) in [6, 6.07) is 18.5. The number of aromatic nitrogens is 1. The maximum absolute atomic E-state index is 6.41. The highest BCUT2D eigenvalue weighted by atomic mass is 79.9. The smallest absolute Gasteiger partial charge is 0.215 e. The molecule has 0 fully saturated rings. The van der Waals surface area contributed by atoms with Gasteiger partial charge in [0.2, 0.25) is 6.23 Å². The molecule has 4 nitrogen and oxygen atoms in total. The molecule has 2 atom stereocenters. The number of hydrogen-bond acceptors (Lipinski definition) is 4. The minimum Gasteiger partial charge on any atom is -0.463 e. The molecule has 0 bridgehead atoms. The van der Waals surface area contributed by atoms with E-state index in [2.05, 4.69) is 60.1 Å². The Morgan fingerprint density at radius 2 is 1.89 bits per heavy atom. The average molecular weight is 485 g/mol. The van der Waals surface area contributed by atoms with Gasteiger partial charge in [-0.15, -0.1) is 0 Å². The van der Waals surface area contributed by atoms with Gasteiger partial charge in [-0.2, -0.15) is 5.10 Å². The summed E-state index contributed by atoms with van der Waals surface area (Å²) in [6.45, 7) is 0. The van der Waals surface area contributed by atoms with Crippen molar-refractivity contribution < 1.29 is 4.74 Å². The molecule has 0 N–H and O–H groups in total. The Labute approximate surface area is 174 Å². The van der Waals surface area contributed by atoms with E-state index in [0.717, 1.165) is 43.5 Å². The van der Waals surface area contributed by atoms with Crippen LogP contribution < -0.4 is 4.74 Å². The molecular formula is C21H15Br2N3O. The lowest BCUT2D eigenvalue weighted by molar-refractivity contribution is -0.0199. The summed E-state index contributed by atoms with van der Waals surface area (Å²) in [5.74, 6) is 0.873. The van der Waals surface area contributed by atoms with E-state index in [4.69, 9.17) is 9.84 Å². The molecule has 6 heteroatoms. The summed E-state index contributed by atoms with van der Waals surface area (Å²) in [5, 5.41) is 7.03. The van der Waals surface area contributed by atoms with Crippen molar-refractivity contribution in [3.05, 3.63) is 92.6 Å². The highest BCUT2D eigenvalue weighted by molar-refractivity contribution is 9.11. The van der Waals surface area contributed by atoms with E-state index < -0.39 is 0 Å². The Hall–Kier alpha value is -2.18. The predicted molar refractivity (Wildman–Crippen MR) is 112 cm³/mol. The van der Waals surface area contributed by atoms with E-state index in [1.165, 1.54) is 0 Å². The molecule has 2 aliphatic rings. The second-order valence-corrected chi connectivity index (χ2v) is 8.35. The number of ether oxygens (including phenoxy) is 1. The third kappa shape index (κ3) is 2.97. The molecule has 0 radical (unpaired) electrons. The Morgan fingerprint density at radius 3 is 2.67 bits per heavy atom. The van der Waals surface area contributed by atoms with E-state index in [9.17, 15) is 0 Å². The number of rotatable bonds is 2. The highest BCUT2D eigenvalue weighted by Gasteiger charge is 2.42. The van der Waals surface area contributed by atoms with Crippen LogP contribution in [0.3, 0.4) is 0 Å². The Kier molecular flexibility index (Phi) is 4.25. The second kappa shape index (κ2) is 6.77. The topological polar surface area (TPSA) is 37.7 Å². The van der Waals surface area contributed by atoms with Crippen molar-refractivity contribution >= 4 is 37.6 Å². The number of hydrazone groups is 1. The number of fused-ring (bicyclic) bond motifs is 3. The van der Waals surface area contributed by atoms with Crippen molar-refractivity contribution in [1.82, 2.24) is 9.99 Å². The normalized spacial score (nSPS) is 20.5. The van der Waals surface area contributed by atoms with Gasteiger partial charge in [0.25, 0.3) is 0 Å². The van der Waals surface area contributed by atoms with Crippen LogP contribution in [0.5, 0.6) is 5.75 Å². The SMILES string of the molecule is Brc1cc(Br)c2c(c1)C1CC(c3ccccc3)=NN1C(c1cccnc1)O2. The number of nitrogens with zero attached hydrogens (tertiary/aromatic N) is 3. The summed E-state index contributed by atoms with van der Waals surface area (Å²) >= 11 is 7.27. The van der Waals surface area contributed by atoms with Crippen molar-refractivity contribution in [3.63, 3.8) is 0 Å². The number of hydrogen-bond donors (Lipinski definition) is 0. The fraction of sp³-hybridized carbons (Fsp3) is 0.143. The fourth-order valence-corrected chi connectivity index (χ4v) is 5.01. The predicted octanol–water partition coefficient (Wildman–Crippen LogP) is 5.85. The second-order valence-electron chi connectivity index (χ2n) is 6.58. The average Bonchev–Trinajstić information content (AvgIpc) is 3.15. The summed E-state index contributed by atoms with van der Waals surface area (Å²) in [5.41, 5.74) is 4.33. The minimum absolute atomic E-state index is 0.114. The van der Waals surface area contributed by atoms with E-state index in [0.29, 0.717) is 0 Å². The van der Waals surface area contributed by atoms with Crippen LogP contribution >= 0.6 is 31.9 Å².